The lowest BCUT2D eigenvalue weighted by Crippen LogP contribution is -2.13. The summed E-state index contributed by atoms with van der Waals surface area (Å²) >= 11 is 9.57. The van der Waals surface area contributed by atoms with Crippen molar-refractivity contribution in [2.45, 2.75) is 26.4 Å². The average molecular weight is 434 g/mol. The molecule has 1 N–H and O–H groups in total. The van der Waals surface area contributed by atoms with Crippen LogP contribution in [0.25, 0.3) is 6.08 Å². The molecule has 0 radical (unpaired) electrons. The van der Waals surface area contributed by atoms with Crippen LogP contribution in [0.3, 0.4) is 0 Å². The molecular formula is C20H18BrClN2O2. The summed E-state index contributed by atoms with van der Waals surface area (Å²) in [4.78, 5) is 12.3. The van der Waals surface area contributed by atoms with E-state index in [0.717, 1.165) is 10.9 Å². The molecule has 134 valence electrons. The lowest BCUT2D eigenvalue weighted by Gasteiger charge is -2.14. The smallest absolute Gasteiger partial charge is 0.266 e. The Balaban J connectivity index is 2.17. The molecule has 0 aliphatic heterocycles. The van der Waals surface area contributed by atoms with Gasteiger partial charge in [0.05, 0.1) is 11.1 Å². The first-order valence-corrected chi connectivity index (χ1v) is 9.25. The summed E-state index contributed by atoms with van der Waals surface area (Å²) in [6.45, 7) is 3.99. The van der Waals surface area contributed by atoms with Gasteiger partial charge in [0.15, 0.2) is 0 Å². The van der Waals surface area contributed by atoms with E-state index >= 15 is 0 Å². The highest BCUT2D eigenvalue weighted by atomic mass is 79.9. The van der Waals surface area contributed by atoms with Gasteiger partial charge in [0.2, 0.25) is 0 Å². The molecule has 2 aromatic carbocycles. The van der Waals surface area contributed by atoms with Gasteiger partial charge in [-0.3, -0.25) is 4.79 Å². The molecule has 1 atom stereocenters. The van der Waals surface area contributed by atoms with Crippen LogP contribution in [0.2, 0.25) is 5.02 Å². The first-order valence-electron chi connectivity index (χ1n) is 8.07. The fourth-order valence-electron chi connectivity index (χ4n) is 2.05. The Kier molecular flexibility index (Phi) is 7.26. The molecular weight excluding hydrogens is 416 g/mol. The molecule has 0 aromatic heterocycles. The van der Waals surface area contributed by atoms with E-state index in [4.69, 9.17) is 16.3 Å². The molecule has 0 bridgehead atoms. The van der Waals surface area contributed by atoms with Crippen molar-refractivity contribution in [1.82, 2.24) is 0 Å². The topological polar surface area (TPSA) is 62.1 Å². The third kappa shape index (κ3) is 5.62. The maximum absolute atomic E-state index is 12.3. The molecule has 0 aliphatic rings. The van der Waals surface area contributed by atoms with Gasteiger partial charge < -0.3 is 10.1 Å². The van der Waals surface area contributed by atoms with Gasteiger partial charge in [0, 0.05) is 10.2 Å². The molecule has 0 unspecified atom stereocenters. The third-order valence-electron chi connectivity index (χ3n) is 3.64. The van der Waals surface area contributed by atoms with Crippen molar-refractivity contribution in [2.24, 2.45) is 0 Å². The Labute approximate surface area is 166 Å². The highest BCUT2D eigenvalue weighted by Gasteiger charge is 2.11. The van der Waals surface area contributed by atoms with Crippen LogP contribution in [0.1, 0.15) is 25.8 Å². The van der Waals surface area contributed by atoms with Crippen molar-refractivity contribution in [3.8, 4) is 11.8 Å². The molecule has 0 spiro atoms. The number of hydrogen-bond acceptors (Lipinski definition) is 3. The van der Waals surface area contributed by atoms with E-state index in [1.165, 1.54) is 6.08 Å². The number of anilines is 1. The van der Waals surface area contributed by atoms with Gasteiger partial charge in [-0.05, 0) is 61.4 Å². The van der Waals surface area contributed by atoms with Crippen molar-refractivity contribution in [3.05, 3.63) is 63.1 Å². The number of rotatable bonds is 6. The Morgan fingerprint density at radius 3 is 2.62 bits per heavy atom. The lowest BCUT2D eigenvalue weighted by molar-refractivity contribution is -0.112. The second-order valence-corrected chi connectivity index (χ2v) is 6.98. The highest BCUT2D eigenvalue weighted by Crippen LogP contribution is 2.28. The fourth-order valence-corrected chi connectivity index (χ4v) is 2.55. The molecule has 0 saturated heterocycles. The van der Waals surface area contributed by atoms with Crippen LogP contribution in [0.4, 0.5) is 5.69 Å². The summed E-state index contributed by atoms with van der Waals surface area (Å²) in [5.41, 5.74) is 1.24. The molecule has 4 nitrogen and oxygen atoms in total. The number of halogens is 2. The number of nitrogens with zero attached hydrogens (tertiary/aromatic N) is 1. The number of hydrogen-bond donors (Lipinski definition) is 1. The van der Waals surface area contributed by atoms with E-state index in [2.05, 4.69) is 21.2 Å². The quantitative estimate of drug-likeness (QED) is 0.461. The van der Waals surface area contributed by atoms with E-state index in [1.54, 1.807) is 42.5 Å². The van der Waals surface area contributed by atoms with E-state index in [1.807, 2.05) is 19.9 Å². The van der Waals surface area contributed by atoms with Crippen LogP contribution in [0.5, 0.6) is 5.75 Å². The minimum Gasteiger partial charge on any atom is -0.489 e. The van der Waals surface area contributed by atoms with Crippen molar-refractivity contribution in [3.63, 3.8) is 0 Å². The summed E-state index contributed by atoms with van der Waals surface area (Å²) in [6.07, 6.45) is 2.42. The Bertz CT molecular complexity index is 857. The molecule has 0 fully saturated rings. The predicted molar refractivity (Wildman–Crippen MR) is 108 cm³/mol. The standard InChI is InChI=1S/C20H18BrClN2O2/c1-3-13(2)26-19-9-4-14(11-18(19)22)10-15(12-23)20(25)24-17-7-5-16(21)6-8-17/h4-11,13H,3H2,1-2H3,(H,24,25)/b15-10-/t13-/m0/s1. The van der Waals surface area contributed by atoms with Crippen LogP contribution in [0.15, 0.2) is 52.5 Å². The minimum atomic E-state index is -0.481. The Hall–Kier alpha value is -2.29. The number of nitrogens with one attached hydrogen (secondary N) is 1. The minimum absolute atomic E-state index is 0.0143. The van der Waals surface area contributed by atoms with Crippen LogP contribution < -0.4 is 10.1 Å². The molecule has 2 rings (SSSR count). The maximum Gasteiger partial charge on any atom is 0.266 e. The van der Waals surface area contributed by atoms with E-state index < -0.39 is 5.91 Å². The van der Waals surface area contributed by atoms with Crippen molar-refractivity contribution < 1.29 is 9.53 Å². The Morgan fingerprint density at radius 1 is 1.35 bits per heavy atom. The summed E-state index contributed by atoms with van der Waals surface area (Å²) in [5, 5.41) is 12.4. The summed E-state index contributed by atoms with van der Waals surface area (Å²) in [6, 6.07) is 14.2. The highest BCUT2D eigenvalue weighted by molar-refractivity contribution is 9.10. The van der Waals surface area contributed by atoms with Crippen LogP contribution in [-0.4, -0.2) is 12.0 Å². The maximum atomic E-state index is 12.3. The number of amides is 1. The number of ether oxygens (including phenoxy) is 1. The molecule has 26 heavy (non-hydrogen) atoms. The van der Waals surface area contributed by atoms with E-state index in [0.29, 0.717) is 22.0 Å². The SMILES string of the molecule is CC[C@H](C)Oc1ccc(/C=C(/C#N)C(=O)Nc2ccc(Br)cc2)cc1Cl. The lowest BCUT2D eigenvalue weighted by atomic mass is 10.1. The average Bonchev–Trinajstić information content (AvgIpc) is 2.63. The summed E-state index contributed by atoms with van der Waals surface area (Å²) in [7, 11) is 0. The van der Waals surface area contributed by atoms with Gasteiger partial charge >= 0.3 is 0 Å². The van der Waals surface area contributed by atoms with Gasteiger partial charge in [0.1, 0.15) is 17.4 Å². The monoisotopic (exact) mass is 432 g/mol. The van der Waals surface area contributed by atoms with Crippen molar-refractivity contribution >= 4 is 45.2 Å². The molecule has 2 aromatic rings. The number of carbonyl (C=O) groups excluding carboxylic acids is 1. The molecule has 0 saturated carbocycles. The van der Waals surface area contributed by atoms with Crippen molar-refractivity contribution in [1.29, 1.82) is 5.26 Å². The zero-order valence-electron chi connectivity index (χ0n) is 14.4. The molecule has 0 aliphatic carbocycles. The van der Waals surface area contributed by atoms with Crippen LogP contribution >= 0.6 is 27.5 Å². The molecule has 1 amide bonds. The van der Waals surface area contributed by atoms with E-state index in [-0.39, 0.29) is 11.7 Å². The first kappa shape index (κ1) is 20.0. The number of nitriles is 1. The fraction of sp³-hybridized carbons (Fsp3) is 0.200. The van der Waals surface area contributed by atoms with E-state index in [9.17, 15) is 10.1 Å². The third-order valence-corrected chi connectivity index (χ3v) is 4.46. The zero-order valence-corrected chi connectivity index (χ0v) is 16.8. The second-order valence-electron chi connectivity index (χ2n) is 5.66. The normalized spacial score (nSPS) is 12.2. The Morgan fingerprint density at radius 2 is 2.04 bits per heavy atom. The van der Waals surface area contributed by atoms with Crippen LogP contribution in [-0.2, 0) is 4.79 Å². The second kappa shape index (κ2) is 9.42. The predicted octanol–water partition coefficient (Wildman–Crippen LogP) is 5.83. The molecule has 6 heteroatoms. The number of benzene rings is 2. The van der Waals surface area contributed by atoms with Gasteiger partial charge in [0.25, 0.3) is 5.91 Å². The van der Waals surface area contributed by atoms with Gasteiger partial charge in [-0.25, -0.2) is 0 Å². The zero-order chi connectivity index (χ0) is 19.1. The van der Waals surface area contributed by atoms with Crippen molar-refractivity contribution in [2.75, 3.05) is 5.32 Å². The summed E-state index contributed by atoms with van der Waals surface area (Å²) < 4.78 is 6.62. The van der Waals surface area contributed by atoms with Gasteiger partial charge in [-0.15, -0.1) is 0 Å². The molecule has 0 heterocycles. The van der Waals surface area contributed by atoms with Gasteiger partial charge in [-0.2, -0.15) is 5.26 Å². The summed E-state index contributed by atoms with van der Waals surface area (Å²) in [5.74, 6) is 0.0989. The van der Waals surface area contributed by atoms with Crippen LogP contribution in [0, 0.1) is 11.3 Å². The number of carbonyl (C=O) groups is 1. The van der Waals surface area contributed by atoms with Gasteiger partial charge in [-0.1, -0.05) is 40.5 Å². The largest absolute Gasteiger partial charge is 0.489 e. The first-order chi connectivity index (χ1) is 12.4.